The van der Waals surface area contributed by atoms with Crippen LogP contribution in [0.1, 0.15) is 13.3 Å². The van der Waals surface area contributed by atoms with Crippen LogP contribution in [-0.2, 0) is 4.74 Å². The lowest BCUT2D eigenvalue weighted by Gasteiger charge is -2.25. The maximum absolute atomic E-state index is 5.47. The fourth-order valence-electron chi connectivity index (χ4n) is 1.41. The second kappa shape index (κ2) is 7.34. The monoisotopic (exact) mass is 272 g/mol. The van der Waals surface area contributed by atoms with E-state index in [1.807, 2.05) is 11.8 Å². The quantitative estimate of drug-likeness (QED) is 0.542. The molecule has 98 valence electrons. The molecule has 17 heavy (non-hydrogen) atoms. The van der Waals surface area contributed by atoms with Crippen LogP contribution in [0.5, 0.6) is 0 Å². The van der Waals surface area contributed by atoms with Crippen molar-refractivity contribution in [2.45, 2.75) is 23.1 Å². The van der Waals surface area contributed by atoms with Crippen LogP contribution in [0.15, 0.2) is 34.1 Å². The highest BCUT2D eigenvalue weighted by molar-refractivity contribution is 8.32. The van der Waals surface area contributed by atoms with Gasteiger partial charge >= 0.3 is 0 Å². The molecule has 1 aromatic carbocycles. The fraction of sp³-hybridized carbons (Fsp3) is 0.571. The second-order valence-corrected chi connectivity index (χ2v) is 10.1. The van der Waals surface area contributed by atoms with Crippen molar-refractivity contribution in [2.24, 2.45) is 0 Å². The summed E-state index contributed by atoms with van der Waals surface area (Å²) in [5, 5.41) is 0. The number of thioether (sulfide) groups is 1. The van der Waals surface area contributed by atoms with E-state index in [0.29, 0.717) is 0 Å². The Morgan fingerprint density at radius 2 is 1.71 bits per heavy atom. The van der Waals surface area contributed by atoms with Crippen LogP contribution in [0, 0.1) is 0 Å². The molecule has 0 bridgehead atoms. The van der Waals surface area contributed by atoms with Gasteiger partial charge in [-0.15, -0.1) is 11.8 Å². The summed E-state index contributed by atoms with van der Waals surface area (Å²) < 4.78 is 5.47. The highest BCUT2D eigenvalue weighted by Crippen LogP contribution is 2.45. The minimum atomic E-state index is -0.586. The van der Waals surface area contributed by atoms with Crippen molar-refractivity contribution < 1.29 is 4.74 Å². The van der Waals surface area contributed by atoms with Gasteiger partial charge in [-0.3, -0.25) is 0 Å². The first-order valence-corrected chi connectivity index (χ1v) is 9.87. The molecule has 0 amide bonds. The van der Waals surface area contributed by atoms with Crippen molar-refractivity contribution in [1.29, 1.82) is 0 Å². The van der Waals surface area contributed by atoms with E-state index in [9.17, 15) is 0 Å². The largest absolute Gasteiger partial charge is 0.381 e. The van der Waals surface area contributed by atoms with Gasteiger partial charge in [-0.05, 0) is 54.3 Å². The van der Waals surface area contributed by atoms with Crippen LogP contribution in [0.2, 0.25) is 0 Å². The molecule has 0 aliphatic rings. The topological polar surface area (TPSA) is 9.23 Å². The molecule has 1 aromatic rings. The first-order chi connectivity index (χ1) is 8.04. The highest BCUT2D eigenvalue weighted by Gasteiger charge is 2.07. The molecule has 3 heteroatoms. The zero-order valence-corrected chi connectivity index (χ0v) is 13.0. The Labute approximate surface area is 112 Å². The van der Waals surface area contributed by atoms with Crippen LogP contribution >= 0.6 is 21.8 Å². The Kier molecular flexibility index (Phi) is 6.45. The van der Waals surface area contributed by atoms with Crippen LogP contribution in [0.25, 0.3) is 0 Å². The van der Waals surface area contributed by atoms with Gasteiger partial charge in [0, 0.05) is 17.3 Å². The van der Waals surface area contributed by atoms with Crippen LogP contribution in [-0.4, -0.2) is 37.7 Å². The van der Waals surface area contributed by atoms with Crippen molar-refractivity contribution in [2.75, 3.05) is 37.7 Å². The summed E-state index contributed by atoms with van der Waals surface area (Å²) in [5.41, 5.74) is 0. The molecule has 0 N–H and O–H groups in total. The Bertz CT molecular complexity index is 314. The van der Waals surface area contributed by atoms with E-state index in [4.69, 9.17) is 4.74 Å². The smallest absolute Gasteiger partial charge is 0.0560 e. The molecule has 0 aliphatic heterocycles. The van der Waals surface area contributed by atoms with Crippen molar-refractivity contribution in [3.8, 4) is 0 Å². The highest BCUT2D eigenvalue weighted by atomic mass is 32.3. The van der Waals surface area contributed by atoms with Gasteiger partial charge in [-0.25, -0.2) is 10.0 Å². The van der Waals surface area contributed by atoms with E-state index >= 15 is 0 Å². The molecule has 0 aliphatic carbocycles. The first-order valence-electron chi connectivity index (χ1n) is 6.03. The molecule has 0 heterocycles. The lowest BCUT2D eigenvalue weighted by molar-refractivity contribution is 0.151. The molecule has 0 atom stereocenters. The third-order valence-electron chi connectivity index (χ3n) is 2.38. The van der Waals surface area contributed by atoms with Gasteiger partial charge < -0.3 is 4.74 Å². The number of rotatable bonds is 7. The van der Waals surface area contributed by atoms with E-state index < -0.39 is 10.0 Å². The zero-order chi connectivity index (χ0) is 12.7. The van der Waals surface area contributed by atoms with Crippen LogP contribution < -0.4 is 0 Å². The molecule has 0 fully saturated rings. The molecule has 0 aromatic heterocycles. The number of hydrogen-bond donors (Lipinski definition) is 0. The average molecular weight is 272 g/mol. The predicted octanol–water partition coefficient (Wildman–Crippen LogP) is 4.26. The zero-order valence-electron chi connectivity index (χ0n) is 11.4. The summed E-state index contributed by atoms with van der Waals surface area (Å²) >= 11 is 1.87. The number of benzene rings is 1. The normalized spacial score (nSPS) is 12.7. The van der Waals surface area contributed by atoms with Crippen molar-refractivity contribution in [1.82, 2.24) is 0 Å². The summed E-state index contributed by atoms with van der Waals surface area (Å²) in [4.78, 5) is 2.82. The van der Waals surface area contributed by atoms with Crippen LogP contribution in [0.3, 0.4) is 0 Å². The number of ether oxygens (including phenoxy) is 1. The van der Waals surface area contributed by atoms with E-state index in [0.717, 1.165) is 25.4 Å². The minimum absolute atomic E-state index is 0.586. The fourth-order valence-corrected chi connectivity index (χ4v) is 3.13. The Hall–Kier alpha value is -0.120. The molecule has 0 unspecified atom stereocenters. The molecule has 0 radical (unpaired) electrons. The maximum atomic E-state index is 5.47. The summed E-state index contributed by atoms with van der Waals surface area (Å²) in [7, 11) is -0.586. The van der Waals surface area contributed by atoms with E-state index in [-0.39, 0.29) is 0 Å². The molecular weight excluding hydrogens is 248 g/mol. The van der Waals surface area contributed by atoms with Gasteiger partial charge in [0.15, 0.2) is 0 Å². The van der Waals surface area contributed by atoms with Gasteiger partial charge in [0.2, 0.25) is 0 Å². The number of hydrogen-bond acceptors (Lipinski definition) is 2. The summed E-state index contributed by atoms with van der Waals surface area (Å²) in [5.74, 6) is 1.04. The predicted molar refractivity (Wildman–Crippen MR) is 81.9 cm³/mol. The average Bonchev–Trinajstić information content (AvgIpc) is 2.28. The first kappa shape index (κ1) is 14.9. The third-order valence-corrected chi connectivity index (χ3v) is 5.04. The van der Waals surface area contributed by atoms with Gasteiger partial charge in [0.25, 0.3) is 0 Å². The lowest BCUT2D eigenvalue weighted by Crippen LogP contribution is -1.98. The van der Waals surface area contributed by atoms with E-state index in [1.54, 1.807) is 0 Å². The van der Waals surface area contributed by atoms with Gasteiger partial charge in [0.1, 0.15) is 0 Å². The summed E-state index contributed by atoms with van der Waals surface area (Å²) in [6, 6.07) is 9.01. The third kappa shape index (κ3) is 5.84. The van der Waals surface area contributed by atoms with Crippen molar-refractivity contribution in [3.63, 3.8) is 0 Å². The van der Waals surface area contributed by atoms with Crippen LogP contribution in [0.4, 0.5) is 0 Å². The van der Waals surface area contributed by atoms with E-state index in [1.165, 1.54) is 9.79 Å². The molecule has 0 saturated carbocycles. The van der Waals surface area contributed by atoms with E-state index in [2.05, 4.69) is 50.0 Å². The lowest BCUT2D eigenvalue weighted by atomic mass is 10.4. The molecule has 0 saturated heterocycles. The Morgan fingerprint density at radius 1 is 1.06 bits per heavy atom. The Balaban J connectivity index is 2.36. The maximum Gasteiger partial charge on any atom is 0.0560 e. The SMILES string of the molecule is CCCOCCSc1ccc(S(C)(C)C)cc1. The Morgan fingerprint density at radius 3 is 2.24 bits per heavy atom. The molecule has 0 spiro atoms. The summed E-state index contributed by atoms with van der Waals surface area (Å²) in [6.45, 7) is 3.87. The van der Waals surface area contributed by atoms with Gasteiger partial charge in [0.05, 0.1) is 6.61 Å². The van der Waals surface area contributed by atoms with Gasteiger partial charge in [-0.2, -0.15) is 0 Å². The molecule has 1 rings (SSSR count). The summed E-state index contributed by atoms with van der Waals surface area (Å²) in [6.07, 6.45) is 8.09. The van der Waals surface area contributed by atoms with Gasteiger partial charge in [-0.1, -0.05) is 6.92 Å². The van der Waals surface area contributed by atoms with Crippen molar-refractivity contribution in [3.05, 3.63) is 24.3 Å². The minimum Gasteiger partial charge on any atom is -0.381 e. The standard InChI is InChI=1S/C14H24OS2/c1-5-10-15-11-12-16-13-6-8-14(9-7-13)17(2,3)4/h6-9H,5,10-12H2,1-4H3. The second-order valence-electron chi connectivity index (χ2n) is 4.77. The van der Waals surface area contributed by atoms with Crippen molar-refractivity contribution >= 4 is 21.8 Å². The molecular formula is C14H24OS2. The molecule has 1 nitrogen and oxygen atoms in total.